The largest absolute Gasteiger partial charge is 0.479 e. The van der Waals surface area contributed by atoms with Gasteiger partial charge in [0.15, 0.2) is 11.9 Å². The molecule has 0 heterocycles. The van der Waals surface area contributed by atoms with E-state index in [9.17, 15) is 14.7 Å². The summed E-state index contributed by atoms with van der Waals surface area (Å²) in [5.41, 5.74) is 0.763. The van der Waals surface area contributed by atoms with Gasteiger partial charge in [0.1, 0.15) is 0 Å². The highest BCUT2D eigenvalue weighted by Crippen LogP contribution is 2.26. The van der Waals surface area contributed by atoms with E-state index in [2.05, 4.69) is 0 Å². The van der Waals surface area contributed by atoms with E-state index < -0.39 is 12.1 Å². The quantitative estimate of drug-likeness (QED) is 0.477. The molecule has 0 bridgehead atoms. The molecule has 98 valence electrons. The second-order valence-corrected chi connectivity index (χ2v) is 4.79. The average molecular weight is 289 g/mol. The van der Waals surface area contributed by atoms with Gasteiger partial charge in [0, 0.05) is 22.8 Å². The minimum atomic E-state index is -1.58. The molecule has 0 aliphatic heterocycles. The molecule has 0 aromatic heterocycles. The smallest absolute Gasteiger partial charge is 0.337 e. The number of halogens is 1. The van der Waals surface area contributed by atoms with Crippen molar-refractivity contribution >= 4 is 35.1 Å². The minimum absolute atomic E-state index is 0.0919. The molecule has 0 aliphatic carbocycles. The number of aliphatic hydroxyl groups is 1. The summed E-state index contributed by atoms with van der Waals surface area (Å²) in [4.78, 5) is 23.1. The van der Waals surface area contributed by atoms with Gasteiger partial charge < -0.3 is 10.2 Å². The standard InChI is InChI=1S/C12H13ClO4S/c1-18-10-6-7(11(15)12(16)17)2-3-8(10)9(14)4-5-13/h2-3,6,11,15H,4-5H2,1H3,(H,16,17). The number of aliphatic carboxylic acids is 1. The summed E-state index contributed by atoms with van der Waals surface area (Å²) < 4.78 is 0. The monoisotopic (exact) mass is 288 g/mol. The van der Waals surface area contributed by atoms with Gasteiger partial charge >= 0.3 is 5.97 Å². The number of carbonyl (C=O) groups is 2. The topological polar surface area (TPSA) is 74.6 Å². The number of thioether (sulfide) groups is 1. The number of Topliss-reactive ketones (excluding diaryl/α,β-unsaturated/α-hetero) is 1. The summed E-state index contributed by atoms with van der Waals surface area (Å²) in [6, 6.07) is 4.49. The number of carbonyl (C=O) groups excluding carboxylic acids is 1. The van der Waals surface area contributed by atoms with Crippen LogP contribution >= 0.6 is 23.4 Å². The van der Waals surface area contributed by atoms with Crippen LogP contribution in [-0.4, -0.2) is 34.1 Å². The van der Waals surface area contributed by atoms with E-state index in [1.807, 2.05) is 0 Å². The highest BCUT2D eigenvalue weighted by Gasteiger charge is 2.18. The zero-order valence-corrected chi connectivity index (χ0v) is 11.3. The molecule has 1 aromatic carbocycles. The lowest BCUT2D eigenvalue weighted by molar-refractivity contribution is -0.146. The summed E-state index contributed by atoms with van der Waals surface area (Å²) in [5.74, 6) is -1.17. The first-order valence-electron chi connectivity index (χ1n) is 5.19. The van der Waals surface area contributed by atoms with Crippen LogP contribution in [-0.2, 0) is 4.79 Å². The highest BCUT2D eigenvalue weighted by atomic mass is 35.5. The molecular formula is C12H13ClO4S. The van der Waals surface area contributed by atoms with Crippen molar-refractivity contribution < 1.29 is 19.8 Å². The number of hydrogen-bond acceptors (Lipinski definition) is 4. The van der Waals surface area contributed by atoms with Crippen LogP contribution in [0, 0.1) is 0 Å². The summed E-state index contributed by atoms with van der Waals surface area (Å²) in [6.07, 6.45) is 0.438. The van der Waals surface area contributed by atoms with Crippen LogP contribution in [0.3, 0.4) is 0 Å². The first-order chi connectivity index (χ1) is 8.51. The fourth-order valence-corrected chi connectivity index (χ4v) is 2.30. The van der Waals surface area contributed by atoms with Crippen molar-refractivity contribution in [2.45, 2.75) is 17.4 Å². The van der Waals surface area contributed by atoms with Gasteiger partial charge in [-0.05, 0) is 24.0 Å². The molecular weight excluding hydrogens is 276 g/mol. The third kappa shape index (κ3) is 3.48. The fourth-order valence-electron chi connectivity index (χ4n) is 1.47. The molecule has 0 amide bonds. The Bertz CT molecular complexity index is 461. The number of aliphatic hydroxyl groups excluding tert-OH is 1. The molecule has 0 aliphatic rings. The van der Waals surface area contributed by atoms with E-state index in [0.717, 1.165) is 0 Å². The fraction of sp³-hybridized carbons (Fsp3) is 0.333. The summed E-state index contributed by atoms with van der Waals surface area (Å²) >= 11 is 6.84. The Morgan fingerprint density at radius 1 is 1.44 bits per heavy atom. The number of ketones is 1. The van der Waals surface area contributed by atoms with Crippen LogP contribution in [0.1, 0.15) is 28.4 Å². The van der Waals surface area contributed by atoms with Crippen LogP contribution in [0.4, 0.5) is 0 Å². The number of carboxylic acid groups (broad SMARTS) is 1. The second kappa shape index (κ2) is 6.78. The summed E-state index contributed by atoms with van der Waals surface area (Å²) in [5, 5.41) is 18.2. The van der Waals surface area contributed by atoms with Gasteiger partial charge in [-0.3, -0.25) is 4.79 Å². The number of hydrogen-bond donors (Lipinski definition) is 2. The molecule has 0 radical (unpaired) electrons. The van der Waals surface area contributed by atoms with E-state index in [1.165, 1.54) is 30.0 Å². The first kappa shape index (κ1) is 15.0. The van der Waals surface area contributed by atoms with Crippen molar-refractivity contribution in [2.75, 3.05) is 12.1 Å². The van der Waals surface area contributed by atoms with E-state index in [-0.39, 0.29) is 23.6 Å². The predicted molar refractivity (Wildman–Crippen MR) is 70.5 cm³/mol. The molecule has 1 rings (SSSR count). The van der Waals surface area contributed by atoms with E-state index in [0.29, 0.717) is 10.5 Å². The molecule has 1 aromatic rings. The summed E-state index contributed by atoms with van der Waals surface area (Å²) in [7, 11) is 0. The lowest BCUT2D eigenvalue weighted by Gasteiger charge is -2.10. The van der Waals surface area contributed by atoms with Gasteiger partial charge in [-0.2, -0.15) is 0 Å². The third-order valence-electron chi connectivity index (χ3n) is 2.40. The Morgan fingerprint density at radius 2 is 2.11 bits per heavy atom. The van der Waals surface area contributed by atoms with Crippen LogP contribution in [0.15, 0.2) is 23.1 Å². The second-order valence-electron chi connectivity index (χ2n) is 3.56. The lowest BCUT2D eigenvalue weighted by Crippen LogP contribution is -2.11. The molecule has 0 fully saturated rings. The Balaban J connectivity index is 3.11. The molecule has 18 heavy (non-hydrogen) atoms. The van der Waals surface area contributed by atoms with Crippen molar-refractivity contribution in [1.29, 1.82) is 0 Å². The summed E-state index contributed by atoms with van der Waals surface area (Å²) in [6.45, 7) is 0. The molecule has 0 saturated heterocycles. The van der Waals surface area contributed by atoms with Gasteiger partial charge in [-0.15, -0.1) is 23.4 Å². The van der Waals surface area contributed by atoms with Crippen LogP contribution in [0.25, 0.3) is 0 Å². The SMILES string of the molecule is CSc1cc(C(O)C(=O)O)ccc1C(=O)CCCl. The first-order valence-corrected chi connectivity index (χ1v) is 6.95. The van der Waals surface area contributed by atoms with E-state index in [4.69, 9.17) is 16.7 Å². The predicted octanol–water partition coefficient (Wildman–Crippen LogP) is 2.34. The van der Waals surface area contributed by atoms with Gasteiger partial charge in [-0.25, -0.2) is 4.79 Å². The normalized spacial score (nSPS) is 12.2. The Hall–Kier alpha value is -1.04. The van der Waals surface area contributed by atoms with Crippen LogP contribution < -0.4 is 0 Å². The van der Waals surface area contributed by atoms with Crippen molar-refractivity contribution in [3.05, 3.63) is 29.3 Å². The Morgan fingerprint density at radius 3 is 2.61 bits per heavy atom. The lowest BCUT2D eigenvalue weighted by atomic mass is 10.0. The molecule has 6 heteroatoms. The molecule has 1 unspecified atom stereocenters. The highest BCUT2D eigenvalue weighted by molar-refractivity contribution is 7.98. The van der Waals surface area contributed by atoms with Crippen LogP contribution in [0.2, 0.25) is 0 Å². The maximum atomic E-state index is 11.8. The zero-order chi connectivity index (χ0) is 13.7. The van der Waals surface area contributed by atoms with Crippen LogP contribution in [0.5, 0.6) is 0 Å². The van der Waals surface area contributed by atoms with E-state index >= 15 is 0 Å². The van der Waals surface area contributed by atoms with Crippen molar-refractivity contribution in [3.63, 3.8) is 0 Å². The van der Waals surface area contributed by atoms with Gasteiger partial charge in [-0.1, -0.05) is 6.07 Å². The molecule has 4 nitrogen and oxygen atoms in total. The number of benzene rings is 1. The number of carboxylic acids is 1. The Kier molecular flexibility index (Phi) is 5.65. The maximum absolute atomic E-state index is 11.8. The van der Waals surface area contributed by atoms with Crippen molar-refractivity contribution in [1.82, 2.24) is 0 Å². The molecule has 1 atom stereocenters. The maximum Gasteiger partial charge on any atom is 0.337 e. The molecule has 0 saturated carbocycles. The van der Waals surface area contributed by atoms with Gasteiger partial charge in [0.05, 0.1) is 0 Å². The van der Waals surface area contributed by atoms with E-state index in [1.54, 1.807) is 6.26 Å². The molecule has 2 N–H and O–H groups in total. The van der Waals surface area contributed by atoms with Crippen molar-refractivity contribution in [2.24, 2.45) is 0 Å². The van der Waals surface area contributed by atoms with Gasteiger partial charge in [0.25, 0.3) is 0 Å². The number of rotatable bonds is 6. The zero-order valence-electron chi connectivity index (χ0n) is 9.72. The Labute approximate surface area is 114 Å². The van der Waals surface area contributed by atoms with Crippen molar-refractivity contribution in [3.8, 4) is 0 Å². The third-order valence-corrected chi connectivity index (χ3v) is 3.36. The average Bonchev–Trinajstić information content (AvgIpc) is 2.37. The van der Waals surface area contributed by atoms with Gasteiger partial charge in [0.2, 0.25) is 0 Å². The minimum Gasteiger partial charge on any atom is -0.479 e. The number of alkyl halides is 1. The molecule has 0 spiro atoms.